The number of rotatable bonds is 4. The number of aliphatic hydroxyl groups is 1. The zero-order valence-electron chi connectivity index (χ0n) is 7.59. The van der Waals surface area contributed by atoms with Crippen molar-refractivity contribution in [3.05, 3.63) is 35.4 Å². The summed E-state index contributed by atoms with van der Waals surface area (Å²) in [6.07, 6.45) is 3.12. The molecule has 0 unspecified atom stereocenters. The van der Waals surface area contributed by atoms with Gasteiger partial charge >= 0.3 is 0 Å². The fourth-order valence-corrected chi connectivity index (χ4v) is 1.29. The van der Waals surface area contributed by atoms with Crippen molar-refractivity contribution in [1.82, 2.24) is 0 Å². The summed E-state index contributed by atoms with van der Waals surface area (Å²) in [6, 6.07) is 8.49. The molecule has 1 N–H and O–H groups in total. The average molecular weight is 164 g/mol. The standard InChI is InChI=1S/C11H16O/c1-2-3-10-4-6-11(7-5-10)8-9-12/h4-7,12H,2-3,8-9H2,1H3. The monoisotopic (exact) mass is 164 g/mol. The molecule has 12 heavy (non-hydrogen) atoms. The van der Waals surface area contributed by atoms with E-state index in [1.54, 1.807) is 0 Å². The van der Waals surface area contributed by atoms with Gasteiger partial charge in [-0.2, -0.15) is 0 Å². The van der Waals surface area contributed by atoms with Crippen molar-refractivity contribution in [1.29, 1.82) is 0 Å². The number of benzene rings is 1. The molecule has 0 aromatic heterocycles. The molecule has 66 valence electrons. The van der Waals surface area contributed by atoms with Crippen LogP contribution in [0.1, 0.15) is 24.5 Å². The van der Waals surface area contributed by atoms with Crippen LogP contribution in [-0.4, -0.2) is 11.7 Å². The molecule has 1 rings (SSSR count). The Balaban J connectivity index is 2.58. The van der Waals surface area contributed by atoms with E-state index in [9.17, 15) is 0 Å². The zero-order valence-corrected chi connectivity index (χ0v) is 7.59. The maximum absolute atomic E-state index is 8.69. The Morgan fingerprint density at radius 1 is 1.00 bits per heavy atom. The van der Waals surface area contributed by atoms with Crippen molar-refractivity contribution >= 4 is 0 Å². The van der Waals surface area contributed by atoms with E-state index in [1.807, 2.05) is 0 Å². The van der Waals surface area contributed by atoms with Crippen molar-refractivity contribution < 1.29 is 5.11 Å². The predicted molar refractivity (Wildman–Crippen MR) is 51.2 cm³/mol. The zero-order chi connectivity index (χ0) is 8.81. The van der Waals surface area contributed by atoms with E-state index in [-0.39, 0.29) is 6.61 Å². The second-order valence-electron chi connectivity index (χ2n) is 3.04. The van der Waals surface area contributed by atoms with Gasteiger partial charge in [-0.05, 0) is 24.0 Å². The van der Waals surface area contributed by atoms with Crippen LogP contribution in [0, 0.1) is 0 Å². The molecule has 0 saturated carbocycles. The van der Waals surface area contributed by atoms with Gasteiger partial charge in [-0.15, -0.1) is 0 Å². The van der Waals surface area contributed by atoms with E-state index in [4.69, 9.17) is 5.11 Å². The first-order chi connectivity index (χ1) is 5.86. The van der Waals surface area contributed by atoms with Crippen molar-refractivity contribution in [2.45, 2.75) is 26.2 Å². The van der Waals surface area contributed by atoms with Gasteiger partial charge in [0.25, 0.3) is 0 Å². The summed E-state index contributed by atoms with van der Waals surface area (Å²) in [6.45, 7) is 2.43. The summed E-state index contributed by atoms with van der Waals surface area (Å²) in [7, 11) is 0. The summed E-state index contributed by atoms with van der Waals surface area (Å²) in [4.78, 5) is 0. The summed E-state index contributed by atoms with van der Waals surface area (Å²) in [5.74, 6) is 0. The molecular formula is C11H16O. The normalized spacial score (nSPS) is 10.2. The third-order valence-corrected chi connectivity index (χ3v) is 1.96. The van der Waals surface area contributed by atoms with Crippen LogP contribution in [0.25, 0.3) is 0 Å². The molecule has 1 nitrogen and oxygen atoms in total. The fraction of sp³-hybridized carbons (Fsp3) is 0.455. The topological polar surface area (TPSA) is 20.2 Å². The molecule has 1 aromatic rings. The van der Waals surface area contributed by atoms with Gasteiger partial charge in [0.05, 0.1) is 0 Å². The van der Waals surface area contributed by atoms with Gasteiger partial charge in [0.1, 0.15) is 0 Å². The smallest absolute Gasteiger partial charge is 0.0471 e. The van der Waals surface area contributed by atoms with Gasteiger partial charge in [0.15, 0.2) is 0 Å². The van der Waals surface area contributed by atoms with Crippen molar-refractivity contribution in [2.24, 2.45) is 0 Å². The average Bonchev–Trinajstić information content (AvgIpc) is 2.09. The van der Waals surface area contributed by atoms with Crippen LogP contribution < -0.4 is 0 Å². The molecular weight excluding hydrogens is 148 g/mol. The third kappa shape index (κ3) is 2.67. The quantitative estimate of drug-likeness (QED) is 0.723. The predicted octanol–water partition coefficient (Wildman–Crippen LogP) is 2.17. The van der Waals surface area contributed by atoms with Gasteiger partial charge in [0.2, 0.25) is 0 Å². The number of aliphatic hydroxyl groups excluding tert-OH is 1. The van der Waals surface area contributed by atoms with E-state index in [1.165, 1.54) is 17.5 Å². The molecule has 0 aliphatic rings. The van der Waals surface area contributed by atoms with E-state index in [0.29, 0.717) is 0 Å². The van der Waals surface area contributed by atoms with Crippen LogP contribution in [0.4, 0.5) is 0 Å². The molecule has 0 radical (unpaired) electrons. The van der Waals surface area contributed by atoms with Crippen LogP contribution in [-0.2, 0) is 12.8 Å². The molecule has 0 saturated heterocycles. The molecule has 0 spiro atoms. The first-order valence-corrected chi connectivity index (χ1v) is 4.55. The Morgan fingerprint density at radius 3 is 1.92 bits per heavy atom. The highest BCUT2D eigenvalue weighted by Gasteiger charge is 1.92. The van der Waals surface area contributed by atoms with Crippen LogP contribution in [0.15, 0.2) is 24.3 Å². The maximum atomic E-state index is 8.69. The Hall–Kier alpha value is -0.820. The van der Waals surface area contributed by atoms with Gasteiger partial charge < -0.3 is 5.11 Å². The van der Waals surface area contributed by atoms with Gasteiger partial charge in [-0.1, -0.05) is 37.6 Å². The second kappa shape index (κ2) is 4.94. The maximum Gasteiger partial charge on any atom is 0.0471 e. The fourth-order valence-electron chi connectivity index (χ4n) is 1.29. The summed E-state index contributed by atoms with van der Waals surface area (Å²) in [5, 5.41) is 8.69. The first kappa shape index (κ1) is 9.27. The van der Waals surface area contributed by atoms with Crippen LogP contribution in [0.3, 0.4) is 0 Å². The van der Waals surface area contributed by atoms with Crippen molar-refractivity contribution in [2.75, 3.05) is 6.61 Å². The number of hydrogen-bond acceptors (Lipinski definition) is 1. The Morgan fingerprint density at radius 2 is 1.50 bits per heavy atom. The van der Waals surface area contributed by atoms with Crippen LogP contribution in [0.2, 0.25) is 0 Å². The molecule has 0 fully saturated rings. The molecule has 0 aliphatic carbocycles. The largest absolute Gasteiger partial charge is 0.396 e. The van der Waals surface area contributed by atoms with Crippen molar-refractivity contribution in [3.8, 4) is 0 Å². The minimum absolute atomic E-state index is 0.243. The highest BCUT2D eigenvalue weighted by molar-refractivity contribution is 5.22. The Labute approximate surface area is 74.1 Å². The highest BCUT2D eigenvalue weighted by Crippen LogP contribution is 2.06. The minimum atomic E-state index is 0.243. The lowest BCUT2D eigenvalue weighted by atomic mass is 10.1. The van der Waals surface area contributed by atoms with E-state index in [0.717, 1.165) is 12.8 Å². The molecule has 1 aromatic carbocycles. The van der Waals surface area contributed by atoms with Gasteiger partial charge in [-0.25, -0.2) is 0 Å². The molecule has 0 aliphatic heterocycles. The molecule has 1 heteroatoms. The molecule has 0 atom stereocenters. The summed E-state index contributed by atoms with van der Waals surface area (Å²) < 4.78 is 0. The van der Waals surface area contributed by atoms with E-state index in [2.05, 4.69) is 31.2 Å². The van der Waals surface area contributed by atoms with Crippen molar-refractivity contribution in [3.63, 3.8) is 0 Å². The number of hydrogen-bond donors (Lipinski definition) is 1. The second-order valence-corrected chi connectivity index (χ2v) is 3.04. The third-order valence-electron chi connectivity index (χ3n) is 1.96. The Bertz CT molecular complexity index is 188. The molecule has 0 bridgehead atoms. The molecule has 0 heterocycles. The first-order valence-electron chi connectivity index (χ1n) is 4.55. The SMILES string of the molecule is CCCc1ccc(CCO)cc1. The Kier molecular flexibility index (Phi) is 3.81. The minimum Gasteiger partial charge on any atom is -0.396 e. The van der Waals surface area contributed by atoms with Crippen LogP contribution in [0.5, 0.6) is 0 Å². The molecule has 0 amide bonds. The van der Waals surface area contributed by atoms with Gasteiger partial charge in [-0.3, -0.25) is 0 Å². The lowest BCUT2D eigenvalue weighted by Crippen LogP contribution is -1.90. The van der Waals surface area contributed by atoms with E-state index < -0.39 is 0 Å². The lowest BCUT2D eigenvalue weighted by molar-refractivity contribution is 0.299. The lowest BCUT2D eigenvalue weighted by Gasteiger charge is -2.00. The van der Waals surface area contributed by atoms with Gasteiger partial charge in [0, 0.05) is 6.61 Å². The highest BCUT2D eigenvalue weighted by atomic mass is 16.2. The summed E-state index contributed by atoms with van der Waals surface area (Å²) in [5.41, 5.74) is 2.61. The summed E-state index contributed by atoms with van der Waals surface area (Å²) >= 11 is 0. The van der Waals surface area contributed by atoms with Crippen LogP contribution >= 0.6 is 0 Å². The van der Waals surface area contributed by atoms with E-state index >= 15 is 0 Å². The number of aryl methyl sites for hydroxylation is 1.